The summed E-state index contributed by atoms with van der Waals surface area (Å²) in [6, 6.07) is -1.15. The zero-order chi connectivity index (χ0) is 23.0. The van der Waals surface area contributed by atoms with Crippen LogP contribution in [-0.2, 0) is 52.4 Å². The van der Waals surface area contributed by atoms with E-state index in [9.17, 15) is 24.0 Å². The van der Waals surface area contributed by atoms with E-state index in [0.29, 0.717) is 0 Å². The molecule has 2 unspecified atom stereocenters. The van der Waals surface area contributed by atoms with Gasteiger partial charge in [-0.05, 0) is 0 Å². The Labute approximate surface area is 172 Å². The van der Waals surface area contributed by atoms with Crippen LogP contribution in [0.25, 0.3) is 0 Å². The van der Waals surface area contributed by atoms with Crippen molar-refractivity contribution in [1.29, 1.82) is 0 Å². The smallest absolute Gasteiger partial charge is 0.373 e. The molecule has 1 aliphatic heterocycles. The molecule has 12 heteroatoms. The Morgan fingerprint density at radius 1 is 1.00 bits per heavy atom. The molecular weight excluding hydrogens is 406 g/mol. The first-order chi connectivity index (χ1) is 14.0. The third-order valence-electron chi connectivity index (χ3n) is 3.79. The highest BCUT2D eigenvalue weighted by molar-refractivity contribution is 5.86. The van der Waals surface area contributed by atoms with Crippen LogP contribution in [0.2, 0.25) is 0 Å². The van der Waals surface area contributed by atoms with E-state index in [1.54, 1.807) is 0 Å². The van der Waals surface area contributed by atoms with Crippen molar-refractivity contribution >= 4 is 29.8 Å². The number of ether oxygens (including phenoxy) is 6. The fraction of sp³-hybridized carbons (Fsp3) is 0.611. The van der Waals surface area contributed by atoms with Gasteiger partial charge in [-0.2, -0.15) is 0 Å². The third-order valence-corrected chi connectivity index (χ3v) is 3.79. The minimum Gasteiger partial charge on any atom is -0.477 e. The summed E-state index contributed by atoms with van der Waals surface area (Å²) in [5.74, 6) is -4.22. The largest absolute Gasteiger partial charge is 0.477 e. The van der Waals surface area contributed by atoms with E-state index in [2.05, 4.69) is 4.74 Å². The van der Waals surface area contributed by atoms with Gasteiger partial charge in [-0.3, -0.25) is 19.2 Å². The van der Waals surface area contributed by atoms with E-state index >= 15 is 0 Å². The summed E-state index contributed by atoms with van der Waals surface area (Å²) >= 11 is 0. The molecule has 0 aliphatic carbocycles. The SMILES string of the molecule is COC(=O)C1=C[C@H](OC(C)=O)[C@@H](N)[C@H](C(OC(C)=O)C(COC(C)=O)OC(C)=O)O1. The predicted octanol–water partition coefficient (Wildman–Crippen LogP) is -0.872. The molecule has 1 aliphatic rings. The van der Waals surface area contributed by atoms with Crippen LogP contribution in [0.1, 0.15) is 27.7 Å². The molecule has 168 valence electrons. The quantitative estimate of drug-likeness (QED) is 0.373. The summed E-state index contributed by atoms with van der Waals surface area (Å²) in [4.78, 5) is 57.9. The summed E-state index contributed by atoms with van der Waals surface area (Å²) in [7, 11) is 1.10. The molecule has 2 N–H and O–H groups in total. The normalized spacial score (nSPS) is 22.3. The number of rotatable bonds is 8. The van der Waals surface area contributed by atoms with Gasteiger partial charge in [0.25, 0.3) is 0 Å². The Morgan fingerprint density at radius 2 is 1.60 bits per heavy atom. The molecule has 5 atom stereocenters. The van der Waals surface area contributed by atoms with Crippen molar-refractivity contribution in [2.45, 2.75) is 58.2 Å². The Balaban J connectivity index is 3.36. The van der Waals surface area contributed by atoms with Gasteiger partial charge >= 0.3 is 29.8 Å². The fourth-order valence-corrected chi connectivity index (χ4v) is 2.67. The number of methoxy groups -OCH3 is 1. The number of esters is 5. The molecule has 1 heterocycles. The minimum absolute atomic E-state index is 0.360. The maximum Gasteiger partial charge on any atom is 0.373 e. The highest BCUT2D eigenvalue weighted by Crippen LogP contribution is 2.27. The van der Waals surface area contributed by atoms with Gasteiger partial charge in [0.05, 0.1) is 13.2 Å². The van der Waals surface area contributed by atoms with Crippen molar-refractivity contribution < 1.29 is 52.4 Å². The molecular formula is C18H25NO11. The zero-order valence-corrected chi connectivity index (χ0v) is 17.2. The number of carbonyl (C=O) groups excluding carboxylic acids is 5. The van der Waals surface area contributed by atoms with E-state index in [-0.39, 0.29) is 5.76 Å². The van der Waals surface area contributed by atoms with Gasteiger partial charge < -0.3 is 34.2 Å². The molecule has 0 fully saturated rings. The second-order valence-corrected chi connectivity index (χ2v) is 6.28. The number of hydrogen-bond acceptors (Lipinski definition) is 12. The average Bonchev–Trinajstić information content (AvgIpc) is 2.63. The lowest BCUT2D eigenvalue weighted by Crippen LogP contribution is -2.59. The van der Waals surface area contributed by atoms with E-state index in [1.807, 2.05) is 0 Å². The molecule has 0 amide bonds. The summed E-state index contributed by atoms with van der Waals surface area (Å²) in [6.45, 7) is 3.94. The Morgan fingerprint density at radius 3 is 2.07 bits per heavy atom. The van der Waals surface area contributed by atoms with Crippen molar-refractivity contribution in [3.8, 4) is 0 Å². The highest BCUT2D eigenvalue weighted by Gasteiger charge is 2.47. The predicted molar refractivity (Wildman–Crippen MR) is 96.2 cm³/mol. The summed E-state index contributed by atoms with van der Waals surface area (Å²) in [5.41, 5.74) is 6.14. The first-order valence-corrected chi connectivity index (χ1v) is 8.83. The van der Waals surface area contributed by atoms with Crippen LogP contribution < -0.4 is 5.73 Å². The minimum atomic E-state index is -1.42. The number of hydrogen-bond donors (Lipinski definition) is 1. The fourth-order valence-electron chi connectivity index (χ4n) is 2.67. The summed E-state index contributed by atoms with van der Waals surface area (Å²) < 4.78 is 30.5. The lowest BCUT2D eigenvalue weighted by molar-refractivity contribution is -0.190. The van der Waals surface area contributed by atoms with Gasteiger partial charge in [-0.15, -0.1) is 0 Å². The van der Waals surface area contributed by atoms with Crippen LogP contribution >= 0.6 is 0 Å². The van der Waals surface area contributed by atoms with Gasteiger partial charge in [0, 0.05) is 33.8 Å². The Hall–Kier alpha value is -3.15. The van der Waals surface area contributed by atoms with Crippen LogP contribution in [0, 0.1) is 0 Å². The Bertz CT molecular complexity index is 717. The zero-order valence-electron chi connectivity index (χ0n) is 17.2. The van der Waals surface area contributed by atoms with Crippen LogP contribution in [0.4, 0.5) is 0 Å². The molecule has 30 heavy (non-hydrogen) atoms. The van der Waals surface area contributed by atoms with Gasteiger partial charge in [-0.25, -0.2) is 4.79 Å². The van der Waals surface area contributed by atoms with E-state index in [0.717, 1.165) is 40.9 Å². The summed E-state index contributed by atoms with van der Waals surface area (Å²) in [5, 5.41) is 0. The van der Waals surface area contributed by atoms with Crippen molar-refractivity contribution in [3.05, 3.63) is 11.8 Å². The van der Waals surface area contributed by atoms with Gasteiger partial charge in [-0.1, -0.05) is 0 Å². The third kappa shape index (κ3) is 7.35. The molecule has 0 saturated carbocycles. The number of carbonyl (C=O) groups is 5. The number of nitrogens with two attached hydrogens (primary N) is 1. The second kappa shape index (κ2) is 11.1. The molecule has 0 bridgehead atoms. The Kier molecular flexibility index (Phi) is 9.24. The molecule has 0 saturated heterocycles. The first-order valence-electron chi connectivity index (χ1n) is 8.83. The van der Waals surface area contributed by atoms with Crippen molar-refractivity contribution in [2.24, 2.45) is 5.73 Å². The molecule has 0 aromatic rings. The van der Waals surface area contributed by atoms with Crippen LogP contribution in [0.15, 0.2) is 11.8 Å². The molecule has 0 aromatic carbocycles. The van der Waals surface area contributed by atoms with Gasteiger partial charge in [0.1, 0.15) is 12.7 Å². The van der Waals surface area contributed by atoms with E-state index in [1.165, 1.54) is 0 Å². The van der Waals surface area contributed by atoms with Crippen LogP contribution in [0.3, 0.4) is 0 Å². The molecule has 0 spiro atoms. The lowest BCUT2D eigenvalue weighted by atomic mass is 9.94. The average molecular weight is 431 g/mol. The molecule has 1 rings (SSSR count). The molecule has 0 radical (unpaired) electrons. The maximum absolute atomic E-state index is 12.0. The van der Waals surface area contributed by atoms with Crippen molar-refractivity contribution in [3.63, 3.8) is 0 Å². The molecule has 0 aromatic heterocycles. The first kappa shape index (κ1) is 24.9. The van der Waals surface area contributed by atoms with E-state index < -0.39 is 66.9 Å². The van der Waals surface area contributed by atoms with Crippen LogP contribution in [0.5, 0.6) is 0 Å². The highest BCUT2D eigenvalue weighted by atomic mass is 16.6. The second-order valence-electron chi connectivity index (χ2n) is 6.28. The maximum atomic E-state index is 12.0. The van der Waals surface area contributed by atoms with Crippen molar-refractivity contribution in [2.75, 3.05) is 13.7 Å². The topological polar surface area (TPSA) is 167 Å². The lowest BCUT2D eigenvalue weighted by Gasteiger charge is -2.39. The molecule has 12 nitrogen and oxygen atoms in total. The van der Waals surface area contributed by atoms with Gasteiger partial charge in [0.2, 0.25) is 5.76 Å². The van der Waals surface area contributed by atoms with Crippen molar-refractivity contribution in [1.82, 2.24) is 0 Å². The van der Waals surface area contributed by atoms with Crippen LogP contribution in [-0.4, -0.2) is 74.0 Å². The van der Waals surface area contributed by atoms with E-state index in [4.69, 9.17) is 29.4 Å². The summed E-state index contributed by atoms with van der Waals surface area (Å²) in [6.07, 6.45) is -4.10. The monoisotopic (exact) mass is 431 g/mol. The van der Waals surface area contributed by atoms with Gasteiger partial charge in [0.15, 0.2) is 18.3 Å². The standard InChI is InChI=1S/C18H25NO11/c1-8(20)26-7-14(28-10(3)22)16(29-11(4)23)17-15(19)12(27-9(2)21)6-13(30-17)18(24)25-5/h6,12,14-17H,7,19H2,1-5H3/t12-,14?,15+,16?,17+/m0/s1.